The highest BCUT2D eigenvalue weighted by Gasteiger charge is 2.20. The van der Waals surface area contributed by atoms with Crippen LogP contribution in [0, 0.1) is 12.8 Å². The number of aryl methyl sites for hydroxylation is 1. The van der Waals surface area contributed by atoms with E-state index >= 15 is 0 Å². The zero-order valence-corrected chi connectivity index (χ0v) is 23.2. The number of anilines is 1. The molecule has 1 N–H and O–H groups in total. The van der Waals surface area contributed by atoms with Crippen molar-refractivity contribution in [2.75, 3.05) is 18.9 Å². The zero-order chi connectivity index (χ0) is 26.4. The number of allylic oxidation sites excluding steroid dienone is 1. The molecule has 1 unspecified atom stereocenters. The highest BCUT2D eigenvalue weighted by molar-refractivity contribution is 7.10. The van der Waals surface area contributed by atoms with Gasteiger partial charge < -0.3 is 10.2 Å². The molecule has 4 nitrogen and oxygen atoms in total. The Morgan fingerprint density at radius 1 is 1.16 bits per heavy atom. The highest BCUT2D eigenvalue weighted by atomic mass is 32.1. The van der Waals surface area contributed by atoms with Crippen molar-refractivity contribution in [3.63, 3.8) is 0 Å². The van der Waals surface area contributed by atoms with Crippen LogP contribution in [-0.4, -0.2) is 30.1 Å². The third-order valence-corrected chi connectivity index (χ3v) is 7.81. The van der Waals surface area contributed by atoms with Crippen molar-refractivity contribution in [2.24, 2.45) is 10.9 Å². The van der Waals surface area contributed by atoms with Gasteiger partial charge in [0.2, 0.25) is 5.91 Å². The minimum Gasteiger partial charge on any atom is -0.326 e. The lowest BCUT2D eigenvalue weighted by Crippen LogP contribution is -2.20. The second-order valence-corrected chi connectivity index (χ2v) is 11.1. The van der Waals surface area contributed by atoms with E-state index in [9.17, 15) is 4.79 Å². The molecule has 1 aliphatic heterocycles. The van der Waals surface area contributed by atoms with Gasteiger partial charge in [0, 0.05) is 28.2 Å². The third kappa shape index (κ3) is 7.15. The number of nitrogens with one attached hydrogen (secondary N) is 1. The quantitative estimate of drug-likeness (QED) is 0.288. The summed E-state index contributed by atoms with van der Waals surface area (Å²) in [5, 5.41) is 5.08. The molecule has 5 heteroatoms. The van der Waals surface area contributed by atoms with Crippen molar-refractivity contribution in [3.05, 3.63) is 99.3 Å². The lowest BCUT2D eigenvalue weighted by atomic mass is 9.99. The van der Waals surface area contributed by atoms with Crippen molar-refractivity contribution in [1.82, 2.24) is 4.90 Å². The molecule has 3 aromatic rings. The van der Waals surface area contributed by atoms with E-state index in [-0.39, 0.29) is 5.91 Å². The molecule has 2 aromatic carbocycles. The maximum atomic E-state index is 12.6. The predicted octanol–water partition coefficient (Wildman–Crippen LogP) is 7.59. The van der Waals surface area contributed by atoms with Crippen LogP contribution in [-0.2, 0) is 17.8 Å². The topological polar surface area (TPSA) is 44.7 Å². The summed E-state index contributed by atoms with van der Waals surface area (Å²) in [4.78, 5) is 20.8. The number of carbonyl (C=O) groups excluding carboxylic acids is 1. The lowest BCUT2D eigenvalue weighted by Gasteiger charge is -2.19. The molecule has 0 aliphatic carbocycles. The van der Waals surface area contributed by atoms with E-state index < -0.39 is 0 Å². The summed E-state index contributed by atoms with van der Waals surface area (Å²) in [6.07, 6.45) is 7.00. The fourth-order valence-corrected chi connectivity index (χ4v) is 5.16. The van der Waals surface area contributed by atoms with E-state index in [1.807, 2.05) is 30.5 Å². The van der Waals surface area contributed by atoms with Gasteiger partial charge in [-0.3, -0.25) is 4.79 Å². The summed E-state index contributed by atoms with van der Waals surface area (Å²) in [5.41, 5.74) is 7.91. The Labute approximate surface area is 225 Å². The standard InChI is InChI=1S/C32H37N3OS/c1-6-22(2)14-15-35(5)21-26-10-7-9-25(18-26)12-13-30-29-20-31(23(3)17-28(29)24(4)33-30)34-32(36)19-27-11-8-16-37-27/h7-13,16-18,20,22H,4,6,14-15,19,21H2,1-3,5H3,(H,34,36)/b13-12+. The maximum Gasteiger partial charge on any atom is 0.229 e. The molecule has 1 atom stereocenters. The number of hydrogen-bond donors (Lipinski definition) is 1. The number of thiophene rings is 1. The second-order valence-electron chi connectivity index (χ2n) is 10.1. The Balaban J connectivity index is 1.46. The van der Waals surface area contributed by atoms with Crippen molar-refractivity contribution >= 4 is 40.4 Å². The van der Waals surface area contributed by atoms with Gasteiger partial charge in [-0.2, -0.15) is 0 Å². The molecule has 4 rings (SSSR count). The molecule has 0 bridgehead atoms. The predicted molar refractivity (Wildman–Crippen MR) is 159 cm³/mol. The van der Waals surface area contributed by atoms with Gasteiger partial charge in [0.25, 0.3) is 0 Å². The van der Waals surface area contributed by atoms with E-state index in [4.69, 9.17) is 4.99 Å². The van der Waals surface area contributed by atoms with Gasteiger partial charge in [-0.05, 0) is 79.2 Å². The minimum atomic E-state index is -0.0118. The van der Waals surface area contributed by atoms with Crippen LogP contribution in [0.2, 0.25) is 0 Å². The van der Waals surface area contributed by atoms with Crippen LogP contribution < -0.4 is 5.32 Å². The van der Waals surface area contributed by atoms with Crippen LogP contribution in [0.1, 0.15) is 59.4 Å². The summed E-state index contributed by atoms with van der Waals surface area (Å²) < 4.78 is 0. The molecular formula is C32H37N3OS. The maximum absolute atomic E-state index is 12.6. The van der Waals surface area contributed by atoms with Crippen LogP contribution in [0.15, 0.2) is 71.6 Å². The molecule has 0 spiro atoms. The summed E-state index contributed by atoms with van der Waals surface area (Å²) in [6, 6.07) is 16.7. The van der Waals surface area contributed by atoms with Gasteiger partial charge in [0.05, 0.1) is 17.8 Å². The lowest BCUT2D eigenvalue weighted by molar-refractivity contribution is -0.115. The van der Waals surface area contributed by atoms with Crippen LogP contribution in [0.4, 0.5) is 5.69 Å². The van der Waals surface area contributed by atoms with Crippen molar-refractivity contribution in [2.45, 2.75) is 46.6 Å². The molecule has 1 amide bonds. The average Bonchev–Trinajstić information content (AvgIpc) is 3.49. The van der Waals surface area contributed by atoms with Gasteiger partial charge in [0.15, 0.2) is 0 Å². The van der Waals surface area contributed by atoms with E-state index in [2.05, 4.69) is 80.2 Å². The zero-order valence-electron chi connectivity index (χ0n) is 22.4. The molecule has 1 aromatic heterocycles. The van der Waals surface area contributed by atoms with Crippen LogP contribution in [0.3, 0.4) is 0 Å². The molecular weight excluding hydrogens is 474 g/mol. The van der Waals surface area contributed by atoms with E-state index in [0.717, 1.165) is 63.2 Å². The number of carbonyl (C=O) groups is 1. The fourth-order valence-electron chi connectivity index (χ4n) is 4.46. The van der Waals surface area contributed by atoms with Crippen molar-refractivity contribution < 1.29 is 4.79 Å². The Morgan fingerprint density at radius 2 is 2.00 bits per heavy atom. The molecule has 2 heterocycles. The molecule has 0 fully saturated rings. The van der Waals surface area contributed by atoms with Crippen LogP contribution >= 0.6 is 11.3 Å². The van der Waals surface area contributed by atoms with Gasteiger partial charge in [-0.1, -0.05) is 63.3 Å². The summed E-state index contributed by atoms with van der Waals surface area (Å²) >= 11 is 1.60. The Bertz CT molecular complexity index is 1320. The molecule has 37 heavy (non-hydrogen) atoms. The second kappa shape index (κ2) is 12.3. The summed E-state index contributed by atoms with van der Waals surface area (Å²) in [5.74, 6) is 0.752. The van der Waals surface area contributed by atoms with Crippen molar-refractivity contribution in [1.29, 1.82) is 0 Å². The van der Waals surface area contributed by atoms with Crippen LogP contribution in [0.25, 0.3) is 11.8 Å². The van der Waals surface area contributed by atoms with Gasteiger partial charge in [-0.25, -0.2) is 4.99 Å². The van der Waals surface area contributed by atoms with Crippen LogP contribution in [0.5, 0.6) is 0 Å². The Morgan fingerprint density at radius 3 is 2.76 bits per heavy atom. The number of fused-ring (bicyclic) bond motifs is 1. The minimum absolute atomic E-state index is 0.0118. The largest absolute Gasteiger partial charge is 0.326 e. The average molecular weight is 512 g/mol. The summed E-state index contributed by atoms with van der Waals surface area (Å²) in [6.45, 7) is 12.8. The van der Waals surface area contributed by atoms with E-state index in [1.54, 1.807) is 11.3 Å². The highest BCUT2D eigenvalue weighted by Crippen LogP contribution is 2.33. The van der Waals surface area contributed by atoms with E-state index in [0.29, 0.717) is 6.42 Å². The number of rotatable bonds is 11. The number of benzene rings is 2. The van der Waals surface area contributed by atoms with Gasteiger partial charge in [-0.15, -0.1) is 11.3 Å². The summed E-state index contributed by atoms with van der Waals surface area (Å²) in [7, 11) is 2.19. The first-order chi connectivity index (χ1) is 17.8. The molecule has 0 saturated carbocycles. The number of aliphatic imine (C=N–C) groups is 1. The fraction of sp³-hybridized carbons (Fsp3) is 0.312. The Hall–Kier alpha value is -3.28. The molecule has 0 saturated heterocycles. The normalized spacial score (nSPS) is 13.8. The number of amides is 1. The molecule has 0 radical (unpaired) electrons. The monoisotopic (exact) mass is 511 g/mol. The van der Waals surface area contributed by atoms with E-state index in [1.165, 1.54) is 18.4 Å². The van der Waals surface area contributed by atoms with Gasteiger partial charge >= 0.3 is 0 Å². The number of hydrogen-bond acceptors (Lipinski definition) is 4. The first kappa shape index (κ1) is 26.8. The Kier molecular flexibility index (Phi) is 8.91. The number of nitrogens with zero attached hydrogens (tertiary/aromatic N) is 2. The third-order valence-electron chi connectivity index (χ3n) is 6.93. The first-order valence-corrected chi connectivity index (χ1v) is 13.9. The SMILES string of the molecule is C=C1N=C(/C=C/c2cccc(CN(C)CCC(C)CC)c2)c2cc(NC(=O)Cc3cccs3)c(C)cc21. The molecule has 1 aliphatic rings. The molecule has 192 valence electrons. The van der Waals surface area contributed by atoms with Gasteiger partial charge in [0.1, 0.15) is 0 Å². The smallest absolute Gasteiger partial charge is 0.229 e. The van der Waals surface area contributed by atoms with Crippen molar-refractivity contribution in [3.8, 4) is 0 Å². The first-order valence-electron chi connectivity index (χ1n) is 13.0.